The molecule has 4 rings (SSSR count). The van der Waals surface area contributed by atoms with E-state index in [0.29, 0.717) is 6.10 Å². The van der Waals surface area contributed by atoms with Crippen LogP contribution in [0.1, 0.15) is 37.7 Å². The highest BCUT2D eigenvalue weighted by Crippen LogP contribution is 2.49. The van der Waals surface area contributed by atoms with Crippen molar-refractivity contribution in [1.82, 2.24) is 5.32 Å². The lowest BCUT2D eigenvalue weighted by molar-refractivity contribution is -0.124. The van der Waals surface area contributed by atoms with Gasteiger partial charge in [0.05, 0.1) is 23.7 Å². The average Bonchev–Trinajstić information content (AvgIpc) is 3.00. The zero-order valence-electron chi connectivity index (χ0n) is 11.5. The molecule has 4 nitrogen and oxygen atoms in total. The van der Waals surface area contributed by atoms with Crippen LogP contribution < -0.4 is 11.1 Å². The van der Waals surface area contributed by atoms with Gasteiger partial charge in [-0.1, -0.05) is 12.1 Å². The van der Waals surface area contributed by atoms with Crippen molar-refractivity contribution in [1.29, 1.82) is 0 Å². The number of nitrogen functional groups attached to an aromatic ring is 1. The zero-order valence-corrected chi connectivity index (χ0v) is 11.5. The largest absolute Gasteiger partial charge is 0.399 e. The molecular formula is C16H20N2O2. The van der Waals surface area contributed by atoms with Crippen molar-refractivity contribution in [3.63, 3.8) is 0 Å². The van der Waals surface area contributed by atoms with Crippen LogP contribution in [0.15, 0.2) is 24.3 Å². The van der Waals surface area contributed by atoms with Gasteiger partial charge in [-0.3, -0.25) is 4.79 Å². The van der Waals surface area contributed by atoms with E-state index in [9.17, 15) is 4.79 Å². The average molecular weight is 272 g/mol. The normalized spacial score (nSPS) is 33.1. The first kappa shape index (κ1) is 12.2. The molecule has 3 aliphatic rings. The fraction of sp³-hybridized carbons (Fsp3) is 0.562. The molecule has 3 N–H and O–H groups in total. The molecule has 2 aliphatic heterocycles. The monoisotopic (exact) mass is 272 g/mol. The number of nitrogens with two attached hydrogens (primary N) is 1. The standard InChI is InChI=1S/C16H20N2O2/c17-11-3-1-10(2-4-11)16(7-8-16)15(19)18-13-9-12-5-6-14(13)20-12/h1-4,12-14H,5-9,17H2,(H,18,19). The van der Waals surface area contributed by atoms with Crippen molar-refractivity contribution < 1.29 is 9.53 Å². The van der Waals surface area contributed by atoms with Crippen molar-refractivity contribution in [2.75, 3.05) is 5.73 Å². The highest BCUT2D eigenvalue weighted by atomic mass is 16.5. The Kier molecular flexibility index (Phi) is 2.58. The van der Waals surface area contributed by atoms with Crippen LogP contribution >= 0.6 is 0 Å². The first-order valence-corrected chi connectivity index (χ1v) is 7.50. The van der Waals surface area contributed by atoms with E-state index in [0.717, 1.165) is 43.4 Å². The molecule has 1 aromatic carbocycles. The molecule has 1 amide bonds. The Morgan fingerprint density at radius 2 is 2.00 bits per heavy atom. The van der Waals surface area contributed by atoms with E-state index < -0.39 is 0 Å². The maximum absolute atomic E-state index is 12.6. The summed E-state index contributed by atoms with van der Waals surface area (Å²) in [7, 11) is 0. The first-order chi connectivity index (χ1) is 9.67. The quantitative estimate of drug-likeness (QED) is 0.824. The zero-order chi connectivity index (χ0) is 13.7. The number of carbonyl (C=O) groups excluding carboxylic acids is 1. The van der Waals surface area contributed by atoms with E-state index in [-0.39, 0.29) is 23.5 Å². The minimum atomic E-state index is -0.310. The topological polar surface area (TPSA) is 64.4 Å². The molecule has 4 heteroatoms. The van der Waals surface area contributed by atoms with Gasteiger partial charge in [0, 0.05) is 5.69 Å². The molecule has 3 unspecified atom stereocenters. The van der Waals surface area contributed by atoms with Gasteiger partial charge < -0.3 is 15.8 Å². The molecule has 0 spiro atoms. The summed E-state index contributed by atoms with van der Waals surface area (Å²) in [6.45, 7) is 0. The Labute approximate surface area is 118 Å². The molecule has 2 heterocycles. The van der Waals surface area contributed by atoms with Gasteiger partial charge in [0.2, 0.25) is 5.91 Å². The Hall–Kier alpha value is -1.55. The third kappa shape index (κ3) is 1.82. The molecule has 2 saturated heterocycles. The number of nitrogens with one attached hydrogen (secondary N) is 1. The summed E-state index contributed by atoms with van der Waals surface area (Å²) < 4.78 is 5.81. The van der Waals surface area contributed by atoms with Crippen LogP contribution in [0.4, 0.5) is 5.69 Å². The van der Waals surface area contributed by atoms with Gasteiger partial charge in [0.25, 0.3) is 0 Å². The van der Waals surface area contributed by atoms with Crippen LogP contribution in [0.5, 0.6) is 0 Å². The molecule has 3 atom stereocenters. The highest BCUT2D eigenvalue weighted by Gasteiger charge is 2.53. The van der Waals surface area contributed by atoms with Crippen molar-refractivity contribution in [2.24, 2.45) is 0 Å². The molecule has 2 bridgehead atoms. The predicted molar refractivity (Wildman–Crippen MR) is 76.2 cm³/mol. The third-order valence-electron chi connectivity index (χ3n) is 5.07. The molecule has 20 heavy (non-hydrogen) atoms. The fourth-order valence-corrected chi connectivity index (χ4v) is 3.67. The second kappa shape index (κ2) is 4.22. The van der Waals surface area contributed by atoms with E-state index in [1.807, 2.05) is 24.3 Å². The Balaban J connectivity index is 1.49. The minimum absolute atomic E-state index is 0.170. The number of benzene rings is 1. The summed E-state index contributed by atoms with van der Waals surface area (Å²) in [5.41, 5.74) is 7.25. The molecule has 106 valence electrons. The van der Waals surface area contributed by atoms with Crippen molar-refractivity contribution in [2.45, 2.75) is 55.8 Å². The first-order valence-electron chi connectivity index (χ1n) is 7.50. The molecule has 1 saturated carbocycles. The molecular weight excluding hydrogens is 252 g/mol. The number of hydrogen-bond donors (Lipinski definition) is 2. The SMILES string of the molecule is Nc1ccc(C2(C(=O)NC3CC4CCC3O4)CC2)cc1. The van der Waals surface area contributed by atoms with Crippen molar-refractivity contribution in [3.8, 4) is 0 Å². The number of fused-ring (bicyclic) bond motifs is 2. The maximum atomic E-state index is 12.6. The van der Waals surface area contributed by atoms with E-state index in [2.05, 4.69) is 5.32 Å². The van der Waals surface area contributed by atoms with Gasteiger partial charge in [-0.05, 0) is 49.8 Å². The number of rotatable bonds is 3. The van der Waals surface area contributed by atoms with Gasteiger partial charge in [0.15, 0.2) is 0 Å². The Morgan fingerprint density at radius 3 is 2.55 bits per heavy atom. The van der Waals surface area contributed by atoms with E-state index in [4.69, 9.17) is 10.5 Å². The predicted octanol–water partition coefficient (Wildman–Crippen LogP) is 1.74. The molecule has 0 aromatic heterocycles. The molecule has 1 aliphatic carbocycles. The van der Waals surface area contributed by atoms with Crippen molar-refractivity contribution in [3.05, 3.63) is 29.8 Å². The lowest BCUT2D eigenvalue weighted by atomic mass is 9.91. The minimum Gasteiger partial charge on any atom is -0.399 e. The highest BCUT2D eigenvalue weighted by molar-refractivity contribution is 5.91. The second-order valence-electron chi connectivity index (χ2n) is 6.39. The van der Waals surface area contributed by atoms with Crippen LogP contribution in [0.2, 0.25) is 0 Å². The van der Waals surface area contributed by atoms with Gasteiger partial charge in [-0.25, -0.2) is 0 Å². The van der Waals surface area contributed by atoms with Gasteiger partial charge in [-0.2, -0.15) is 0 Å². The summed E-state index contributed by atoms with van der Waals surface area (Å²) in [5, 5.41) is 3.23. The van der Waals surface area contributed by atoms with Crippen LogP contribution in [-0.2, 0) is 14.9 Å². The summed E-state index contributed by atoms with van der Waals surface area (Å²) in [4.78, 5) is 12.6. The maximum Gasteiger partial charge on any atom is 0.230 e. The van der Waals surface area contributed by atoms with Crippen LogP contribution in [0.25, 0.3) is 0 Å². The number of hydrogen-bond acceptors (Lipinski definition) is 3. The number of carbonyl (C=O) groups is 1. The van der Waals surface area contributed by atoms with Crippen LogP contribution in [-0.4, -0.2) is 24.2 Å². The smallest absolute Gasteiger partial charge is 0.230 e. The number of anilines is 1. The van der Waals surface area contributed by atoms with E-state index in [1.165, 1.54) is 0 Å². The Bertz CT molecular complexity index is 536. The lowest BCUT2D eigenvalue weighted by Gasteiger charge is -2.24. The summed E-state index contributed by atoms with van der Waals surface area (Å²) in [6.07, 6.45) is 5.70. The van der Waals surface area contributed by atoms with Crippen LogP contribution in [0, 0.1) is 0 Å². The molecule has 1 aromatic rings. The summed E-state index contributed by atoms with van der Waals surface area (Å²) in [5.74, 6) is 0.170. The number of amides is 1. The van der Waals surface area contributed by atoms with Gasteiger partial charge in [0.1, 0.15) is 0 Å². The summed E-state index contributed by atoms with van der Waals surface area (Å²) >= 11 is 0. The van der Waals surface area contributed by atoms with Crippen LogP contribution in [0.3, 0.4) is 0 Å². The Morgan fingerprint density at radius 1 is 1.25 bits per heavy atom. The molecule has 3 fully saturated rings. The lowest BCUT2D eigenvalue weighted by Crippen LogP contribution is -2.46. The summed E-state index contributed by atoms with van der Waals surface area (Å²) in [6, 6.07) is 7.94. The van der Waals surface area contributed by atoms with E-state index >= 15 is 0 Å². The van der Waals surface area contributed by atoms with Gasteiger partial charge >= 0.3 is 0 Å². The van der Waals surface area contributed by atoms with E-state index in [1.54, 1.807) is 0 Å². The third-order valence-corrected chi connectivity index (χ3v) is 5.07. The molecule has 0 radical (unpaired) electrons. The number of ether oxygens (including phenoxy) is 1. The fourth-order valence-electron chi connectivity index (χ4n) is 3.67. The second-order valence-corrected chi connectivity index (χ2v) is 6.39. The van der Waals surface area contributed by atoms with Crippen molar-refractivity contribution >= 4 is 11.6 Å². The van der Waals surface area contributed by atoms with Gasteiger partial charge in [-0.15, -0.1) is 0 Å².